The van der Waals surface area contributed by atoms with Gasteiger partial charge in [0.05, 0.1) is 5.70 Å². The van der Waals surface area contributed by atoms with Crippen molar-refractivity contribution in [2.24, 2.45) is 5.92 Å². The van der Waals surface area contributed by atoms with Crippen LogP contribution >= 0.6 is 0 Å². The molecular formula is C31H34N2O7. The van der Waals surface area contributed by atoms with Gasteiger partial charge in [-0.2, -0.15) is 0 Å². The molecule has 1 fully saturated rings. The first-order chi connectivity index (χ1) is 19.1. The van der Waals surface area contributed by atoms with Gasteiger partial charge in [0.1, 0.15) is 23.2 Å². The van der Waals surface area contributed by atoms with E-state index >= 15 is 0 Å². The molecule has 40 heavy (non-hydrogen) atoms. The van der Waals surface area contributed by atoms with Gasteiger partial charge in [-0.05, 0) is 24.5 Å². The molecule has 9 heteroatoms. The van der Waals surface area contributed by atoms with E-state index in [1.165, 1.54) is 30.4 Å². The van der Waals surface area contributed by atoms with Crippen molar-refractivity contribution >= 4 is 23.4 Å². The van der Waals surface area contributed by atoms with E-state index in [9.17, 15) is 29.4 Å². The topological polar surface area (TPSA) is 145 Å². The monoisotopic (exact) mass is 546 g/mol. The predicted molar refractivity (Wildman–Crippen MR) is 150 cm³/mol. The van der Waals surface area contributed by atoms with E-state index in [0.717, 1.165) is 6.42 Å². The van der Waals surface area contributed by atoms with Gasteiger partial charge >= 0.3 is 0 Å². The predicted octanol–water partition coefficient (Wildman–Crippen LogP) is 3.26. The molecule has 1 heterocycles. The van der Waals surface area contributed by atoms with Crippen molar-refractivity contribution in [3.8, 4) is 0 Å². The Labute approximate surface area is 233 Å². The molecule has 0 aromatic carbocycles. The van der Waals surface area contributed by atoms with Gasteiger partial charge in [0.15, 0.2) is 11.9 Å². The molecule has 2 aliphatic carbocycles. The van der Waals surface area contributed by atoms with Crippen LogP contribution in [0.4, 0.5) is 0 Å². The zero-order valence-electron chi connectivity index (χ0n) is 22.4. The van der Waals surface area contributed by atoms with Gasteiger partial charge in [0.25, 0.3) is 0 Å². The summed E-state index contributed by atoms with van der Waals surface area (Å²) in [6.45, 7) is 4.25. The number of nitrogens with one attached hydrogen (secondary N) is 2. The molecular weight excluding hydrogens is 512 g/mol. The van der Waals surface area contributed by atoms with Crippen LogP contribution in [0.25, 0.3) is 0 Å². The average Bonchev–Trinajstić information content (AvgIpc) is 3.66. The fraction of sp³-hybridized carbons (Fsp3) is 0.290. The number of hydrogen-bond acceptors (Lipinski definition) is 7. The van der Waals surface area contributed by atoms with Crippen molar-refractivity contribution < 1.29 is 34.1 Å². The molecule has 0 bridgehead atoms. The third kappa shape index (κ3) is 8.86. The molecule has 3 aliphatic rings. The van der Waals surface area contributed by atoms with E-state index in [4.69, 9.17) is 4.74 Å². The van der Waals surface area contributed by atoms with E-state index in [0.29, 0.717) is 5.92 Å². The lowest BCUT2D eigenvalue weighted by Crippen LogP contribution is -2.42. The first-order valence-electron chi connectivity index (χ1n) is 13.0. The number of ketones is 2. The first-order valence-corrected chi connectivity index (χ1v) is 13.0. The Hall–Kier alpha value is -4.34. The Morgan fingerprint density at radius 3 is 2.17 bits per heavy atom. The summed E-state index contributed by atoms with van der Waals surface area (Å²) in [5.41, 5.74) is -1.66. The van der Waals surface area contributed by atoms with Gasteiger partial charge in [0.2, 0.25) is 17.6 Å². The standard InChI is InChI=1S/C31H34N2O7/c1-21(2)14-10-6-5-8-11-15-25(36)32-22-20-31(39,30-29(40-30)28(22)38)19-13-9-4-3-7-12-16-26(37)33-27-23(34)17-18-24(27)35/h3-13,15-16,19-21,29-30,34,39H,14,17-18H2,1-2H3,(H,32,36)(H,33,37)/b7-3+,8-5+,9-4+,10-6+,15-11+,16-12+,19-13+/t29?,30?,31-/m0/s1. The number of rotatable bonds is 12. The summed E-state index contributed by atoms with van der Waals surface area (Å²) in [6.07, 6.45) is 23.7. The maximum atomic E-state index is 12.5. The molecule has 0 spiro atoms. The number of amides is 2. The van der Waals surface area contributed by atoms with Crippen LogP contribution in [0.1, 0.15) is 33.1 Å². The minimum atomic E-state index is -1.57. The van der Waals surface area contributed by atoms with E-state index in [1.807, 2.05) is 18.2 Å². The van der Waals surface area contributed by atoms with Crippen LogP contribution in [0.3, 0.4) is 0 Å². The summed E-state index contributed by atoms with van der Waals surface area (Å²) in [5.74, 6) is -1.27. The maximum Gasteiger partial charge on any atom is 0.248 e. The molecule has 0 radical (unpaired) electrons. The van der Waals surface area contributed by atoms with Crippen molar-refractivity contribution in [2.45, 2.75) is 50.9 Å². The number of hydrogen-bond donors (Lipinski definition) is 4. The Morgan fingerprint density at radius 1 is 0.950 bits per heavy atom. The number of fused-ring (bicyclic) bond motifs is 1. The molecule has 2 amide bonds. The van der Waals surface area contributed by atoms with E-state index in [-0.39, 0.29) is 35.8 Å². The molecule has 0 aromatic heterocycles. The molecule has 4 N–H and O–H groups in total. The Balaban J connectivity index is 1.50. The molecule has 3 atom stereocenters. The lowest BCUT2D eigenvalue weighted by molar-refractivity contribution is -0.121. The smallest absolute Gasteiger partial charge is 0.248 e. The molecule has 0 aromatic rings. The van der Waals surface area contributed by atoms with Gasteiger partial charge in [-0.3, -0.25) is 19.2 Å². The van der Waals surface area contributed by atoms with Crippen LogP contribution < -0.4 is 10.6 Å². The molecule has 3 rings (SSSR count). The summed E-state index contributed by atoms with van der Waals surface area (Å²) in [4.78, 5) is 48.1. The highest BCUT2D eigenvalue weighted by molar-refractivity contribution is 6.06. The maximum absolute atomic E-state index is 12.5. The molecule has 2 unspecified atom stereocenters. The molecule has 0 saturated carbocycles. The van der Waals surface area contributed by atoms with Crippen molar-refractivity contribution in [3.05, 3.63) is 108 Å². The zero-order valence-corrected chi connectivity index (χ0v) is 22.4. The Kier molecular flexibility index (Phi) is 10.7. The number of epoxide rings is 1. The summed E-state index contributed by atoms with van der Waals surface area (Å²) in [6, 6.07) is 0. The summed E-state index contributed by atoms with van der Waals surface area (Å²) >= 11 is 0. The van der Waals surface area contributed by atoms with Crippen molar-refractivity contribution in [2.75, 3.05) is 0 Å². The lowest BCUT2D eigenvalue weighted by Gasteiger charge is -2.23. The van der Waals surface area contributed by atoms with Crippen LogP contribution in [0.2, 0.25) is 0 Å². The van der Waals surface area contributed by atoms with Crippen molar-refractivity contribution in [1.82, 2.24) is 10.6 Å². The normalized spacial score (nSPS) is 25.2. The molecule has 9 nitrogen and oxygen atoms in total. The highest BCUT2D eigenvalue weighted by Gasteiger charge is 2.59. The van der Waals surface area contributed by atoms with Crippen molar-refractivity contribution in [1.29, 1.82) is 0 Å². The second kappa shape index (κ2) is 14.2. The van der Waals surface area contributed by atoms with E-state index in [1.54, 1.807) is 42.5 Å². The third-order valence-electron chi connectivity index (χ3n) is 6.00. The Bertz CT molecular complexity index is 1290. The van der Waals surface area contributed by atoms with Crippen LogP contribution in [-0.4, -0.2) is 51.4 Å². The summed E-state index contributed by atoms with van der Waals surface area (Å²) in [7, 11) is 0. The summed E-state index contributed by atoms with van der Waals surface area (Å²) < 4.78 is 5.35. The zero-order chi connectivity index (χ0) is 29.1. The lowest BCUT2D eigenvalue weighted by atomic mass is 9.88. The van der Waals surface area contributed by atoms with Gasteiger partial charge < -0.3 is 25.6 Å². The highest BCUT2D eigenvalue weighted by atomic mass is 16.6. The second-order valence-corrected chi connectivity index (χ2v) is 9.80. The SMILES string of the molecule is CC(C)C/C=C/C=C/C=C/C(=O)NC1=C[C@@](O)(/C=C/C=C/C=C/C=C/C(=O)NC2=C(O)CCC2=O)C2OC2C1=O. The average molecular weight is 547 g/mol. The van der Waals surface area contributed by atoms with Crippen LogP contribution in [0.15, 0.2) is 108 Å². The molecule has 1 aliphatic heterocycles. The van der Waals surface area contributed by atoms with E-state index < -0.39 is 35.4 Å². The van der Waals surface area contributed by atoms with Crippen LogP contribution in [0.5, 0.6) is 0 Å². The fourth-order valence-electron chi connectivity index (χ4n) is 3.88. The van der Waals surface area contributed by atoms with E-state index in [2.05, 4.69) is 24.5 Å². The number of aliphatic hydroxyl groups is 2. The second-order valence-electron chi connectivity index (χ2n) is 9.80. The van der Waals surface area contributed by atoms with Gasteiger partial charge in [0, 0.05) is 25.0 Å². The first kappa shape index (κ1) is 30.2. The number of allylic oxidation sites excluding steroid dienone is 13. The number of aliphatic hydroxyl groups excluding tert-OH is 1. The molecule has 1 saturated heterocycles. The van der Waals surface area contributed by atoms with Crippen LogP contribution in [-0.2, 0) is 23.9 Å². The quantitative estimate of drug-likeness (QED) is 0.167. The van der Waals surface area contributed by atoms with Gasteiger partial charge in [-0.1, -0.05) is 80.7 Å². The van der Waals surface area contributed by atoms with Crippen LogP contribution in [0, 0.1) is 5.92 Å². The molecule has 210 valence electrons. The largest absolute Gasteiger partial charge is 0.510 e. The number of Topliss-reactive ketones (excluding diaryl/α,β-unsaturated/α-hetero) is 2. The summed E-state index contributed by atoms with van der Waals surface area (Å²) in [5, 5.41) is 25.5. The Morgan fingerprint density at radius 2 is 1.55 bits per heavy atom. The van der Waals surface area contributed by atoms with Gasteiger partial charge in [-0.15, -0.1) is 0 Å². The van der Waals surface area contributed by atoms with Crippen molar-refractivity contribution in [3.63, 3.8) is 0 Å². The van der Waals surface area contributed by atoms with Gasteiger partial charge in [-0.25, -0.2) is 0 Å². The fourth-order valence-corrected chi connectivity index (χ4v) is 3.88. The number of ether oxygens (including phenoxy) is 1. The minimum Gasteiger partial charge on any atom is -0.510 e. The third-order valence-corrected chi connectivity index (χ3v) is 6.00. The highest BCUT2D eigenvalue weighted by Crippen LogP contribution is 2.40. The minimum absolute atomic E-state index is 0.0305. The number of carbonyl (C=O) groups is 4. The number of carbonyl (C=O) groups excluding carboxylic acids is 4.